The third-order valence-corrected chi connectivity index (χ3v) is 14.3. The van der Waals surface area contributed by atoms with Gasteiger partial charge in [0.1, 0.15) is 0 Å². The van der Waals surface area contributed by atoms with Crippen LogP contribution in [0.1, 0.15) is 64.5 Å². The molecule has 0 atom stereocenters. The van der Waals surface area contributed by atoms with Crippen LogP contribution in [0.25, 0.3) is 54.3 Å². The normalized spacial score (nSPS) is 13.5. The number of nitrogens with zero attached hydrogens (tertiary/aromatic N) is 1. The van der Waals surface area contributed by atoms with Gasteiger partial charge in [0, 0.05) is 49.9 Å². The molecule has 6 aromatic rings. The van der Waals surface area contributed by atoms with Crippen LogP contribution in [-0.2, 0) is 24.9 Å². The Morgan fingerprint density at radius 2 is 1.45 bits per heavy atom. The third-order valence-electron chi connectivity index (χ3n) is 10.8. The van der Waals surface area contributed by atoms with E-state index in [-0.39, 0.29) is 43.5 Å². The molecule has 0 fully saturated rings. The second kappa shape index (κ2) is 14.7. The standard InChI is InChI=1S/C31H24NSi.C13H24O2.Ir/c1-18-13-19(2)22-9-10-23-24-11-12-32-31-27-15-20-7-5-6-8-21(20)16-28(27)33(3,4)29(30(24)31)17-26(23)25(22)14-18;1-5-10(6-2)12(14)9-13(15)11(7-3)8-4;/h5-14,16-17H,1-4H3;9-11,14H,5-8H2,1-4H3;/q-1;;/b;12-9-;. The van der Waals surface area contributed by atoms with E-state index in [0.717, 1.165) is 31.4 Å². The van der Waals surface area contributed by atoms with Crippen molar-refractivity contribution >= 4 is 67.3 Å². The molecule has 5 aromatic carbocycles. The van der Waals surface area contributed by atoms with Gasteiger partial charge in [0.05, 0.1) is 13.8 Å². The number of carbonyl (C=O) groups excluding carboxylic acids is 1. The van der Waals surface area contributed by atoms with Gasteiger partial charge in [-0.3, -0.25) is 9.78 Å². The molecule has 49 heavy (non-hydrogen) atoms. The maximum absolute atomic E-state index is 11.7. The largest absolute Gasteiger partial charge is 0.512 e. The molecule has 255 valence electrons. The Morgan fingerprint density at radius 1 is 0.796 bits per heavy atom. The molecule has 1 aromatic heterocycles. The molecule has 0 saturated carbocycles. The molecule has 0 spiro atoms. The molecule has 0 amide bonds. The number of ketones is 1. The van der Waals surface area contributed by atoms with Gasteiger partial charge in [0.25, 0.3) is 0 Å². The van der Waals surface area contributed by atoms with Crippen LogP contribution in [0.3, 0.4) is 0 Å². The average Bonchev–Trinajstić information content (AvgIpc) is 3.07. The number of benzene rings is 5. The zero-order valence-electron chi connectivity index (χ0n) is 30.1. The minimum Gasteiger partial charge on any atom is -0.512 e. The number of hydrogen-bond donors (Lipinski definition) is 1. The van der Waals surface area contributed by atoms with Crippen molar-refractivity contribution in [1.29, 1.82) is 0 Å². The number of fused-ring (bicyclic) bond motifs is 7. The van der Waals surface area contributed by atoms with E-state index >= 15 is 0 Å². The summed E-state index contributed by atoms with van der Waals surface area (Å²) in [5.74, 6) is 0.547. The molecule has 1 aliphatic heterocycles. The fraction of sp³-hybridized carbons (Fsp3) is 0.318. The van der Waals surface area contributed by atoms with Crippen molar-refractivity contribution in [2.45, 2.75) is 80.3 Å². The maximum Gasteiger partial charge on any atom is 0.162 e. The summed E-state index contributed by atoms with van der Waals surface area (Å²) in [5, 5.41) is 23.2. The molecule has 1 radical (unpaired) electrons. The topological polar surface area (TPSA) is 50.2 Å². The number of aromatic nitrogens is 1. The van der Waals surface area contributed by atoms with Crippen LogP contribution in [0.15, 0.2) is 84.8 Å². The number of rotatable bonds is 7. The van der Waals surface area contributed by atoms with Gasteiger partial charge in [0.2, 0.25) is 0 Å². The van der Waals surface area contributed by atoms with Gasteiger partial charge in [-0.1, -0.05) is 111 Å². The minimum absolute atomic E-state index is 0. The van der Waals surface area contributed by atoms with E-state index in [9.17, 15) is 9.90 Å². The van der Waals surface area contributed by atoms with E-state index in [2.05, 4.69) is 99.7 Å². The number of pyridine rings is 1. The average molecular weight is 843 g/mol. The molecule has 0 aliphatic carbocycles. The fourth-order valence-electron chi connectivity index (χ4n) is 7.84. The van der Waals surface area contributed by atoms with Gasteiger partial charge < -0.3 is 5.11 Å². The number of allylic oxidation sites excluding steroid dienone is 2. The van der Waals surface area contributed by atoms with Gasteiger partial charge in [-0.2, -0.15) is 0 Å². The Hall–Kier alpha value is -3.63. The van der Waals surface area contributed by atoms with Gasteiger partial charge in [0.15, 0.2) is 5.78 Å². The summed E-state index contributed by atoms with van der Waals surface area (Å²) in [6.45, 7) is 17.5. The van der Waals surface area contributed by atoms with E-state index in [0.29, 0.717) is 0 Å². The Morgan fingerprint density at radius 3 is 2.14 bits per heavy atom. The third kappa shape index (κ3) is 6.54. The summed E-state index contributed by atoms with van der Waals surface area (Å²) in [5.41, 5.74) is 4.96. The molecule has 5 heteroatoms. The van der Waals surface area contributed by atoms with Crippen LogP contribution in [0.4, 0.5) is 0 Å². The van der Waals surface area contributed by atoms with Gasteiger partial charge in [-0.25, -0.2) is 0 Å². The van der Waals surface area contributed by atoms with E-state index in [1.54, 1.807) is 0 Å². The van der Waals surface area contributed by atoms with E-state index < -0.39 is 8.07 Å². The summed E-state index contributed by atoms with van der Waals surface area (Å²) in [6, 6.07) is 28.8. The van der Waals surface area contributed by atoms with Crippen LogP contribution in [0.5, 0.6) is 0 Å². The smallest absolute Gasteiger partial charge is 0.162 e. The molecule has 0 bridgehead atoms. The predicted octanol–water partition coefficient (Wildman–Crippen LogP) is 10.8. The second-order valence-corrected chi connectivity index (χ2v) is 18.4. The summed E-state index contributed by atoms with van der Waals surface area (Å²) in [6.07, 6.45) is 6.89. The predicted molar refractivity (Wildman–Crippen MR) is 209 cm³/mol. The van der Waals surface area contributed by atoms with Gasteiger partial charge >= 0.3 is 0 Å². The molecular formula is C44H48IrNO2Si-. The molecule has 0 saturated heterocycles. The van der Waals surface area contributed by atoms with Crippen molar-refractivity contribution in [2.75, 3.05) is 0 Å². The molecule has 0 unspecified atom stereocenters. The summed E-state index contributed by atoms with van der Waals surface area (Å²) >= 11 is 0. The van der Waals surface area contributed by atoms with Crippen LogP contribution in [-0.4, -0.2) is 23.9 Å². The van der Waals surface area contributed by atoms with Crippen molar-refractivity contribution in [3.63, 3.8) is 0 Å². The Balaban J connectivity index is 0.000000252. The molecular weight excluding hydrogens is 795 g/mol. The monoisotopic (exact) mass is 843 g/mol. The molecule has 1 N–H and O–H groups in total. The molecule has 1 aliphatic rings. The van der Waals surface area contributed by atoms with Crippen LogP contribution < -0.4 is 10.4 Å². The summed E-state index contributed by atoms with van der Waals surface area (Å²) in [7, 11) is -1.98. The van der Waals surface area contributed by atoms with Gasteiger partial charge in [-0.15, -0.1) is 28.8 Å². The van der Waals surface area contributed by atoms with E-state index in [4.69, 9.17) is 4.98 Å². The second-order valence-electron chi connectivity index (χ2n) is 14.1. The first-order chi connectivity index (χ1) is 23.0. The fourth-order valence-corrected chi connectivity index (χ4v) is 10.8. The number of aliphatic hydroxyl groups excluding tert-OH is 1. The number of aliphatic hydroxyl groups is 1. The SMILES string of the molecule is CCC(CC)C(=O)/C=C(\O)C(CC)CC.Cc1cc(C)c2ccc3c4ccnc5c4c(cc3c2c1)[Si](C)(C)c1cc2ccccc2[c-]c1-5.[Ir]. The first-order valence-corrected chi connectivity index (χ1v) is 20.7. The maximum atomic E-state index is 11.7. The van der Waals surface area contributed by atoms with Crippen molar-refractivity contribution < 1.29 is 30.0 Å². The van der Waals surface area contributed by atoms with Crippen molar-refractivity contribution in [3.05, 3.63) is 102 Å². The molecule has 3 nitrogen and oxygen atoms in total. The number of carbonyl (C=O) groups is 1. The molecule has 2 heterocycles. The summed E-state index contributed by atoms with van der Waals surface area (Å²) in [4.78, 5) is 16.7. The van der Waals surface area contributed by atoms with Crippen molar-refractivity contribution in [1.82, 2.24) is 4.98 Å². The Bertz CT molecular complexity index is 2230. The zero-order chi connectivity index (χ0) is 34.3. The van der Waals surface area contributed by atoms with Gasteiger partial charge in [-0.05, 0) is 83.5 Å². The van der Waals surface area contributed by atoms with Crippen LogP contribution >= 0.6 is 0 Å². The number of hydrogen-bond acceptors (Lipinski definition) is 3. The van der Waals surface area contributed by atoms with Crippen LogP contribution in [0.2, 0.25) is 13.1 Å². The first kappa shape index (κ1) is 36.6. The Labute approximate surface area is 306 Å². The first-order valence-electron chi connectivity index (χ1n) is 17.7. The van der Waals surface area contributed by atoms with E-state index in [1.807, 2.05) is 33.9 Å². The van der Waals surface area contributed by atoms with Crippen LogP contribution in [0, 0.1) is 31.7 Å². The molecule has 7 rings (SSSR count). The minimum atomic E-state index is -1.98. The van der Waals surface area contributed by atoms with Crippen molar-refractivity contribution in [2.24, 2.45) is 11.8 Å². The number of aryl methyl sites for hydroxylation is 2. The quantitative estimate of drug-likeness (QED) is 0.0573. The zero-order valence-corrected chi connectivity index (χ0v) is 33.5. The van der Waals surface area contributed by atoms with Crippen molar-refractivity contribution in [3.8, 4) is 11.3 Å². The summed E-state index contributed by atoms with van der Waals surface area (Å²) < 4.78 is 0. The Kier molecular flexibility index (Phi) is 11.0. The van der Waals surface area contributed by atoms with E-state index in [1.165, 1.54) is 76.2 Å².